The highest BCUT2D eigenvalue weighted by Gasteiger charge is 2.27. The zero-order valence-corrected chi connectivity index (χ0v) is 25.0. The number of unbranched alkanes of at least 4 members (excludes halogenated alkanes) is 3. The molecular weight excluding hydrogens is 646 g/mol. The fourth-order valence-corrected chi connectivity index (χ4v) is 3.43. The zero-order valence-electron chi connectivity index (χ0n) is 25.0. The minimum Gasteiger partial charge on any atom is -0.444 e. The number of aryl methyl sites for hydroxylation is 2. The summed E-state index contributed by atoms with van der Waals surface area (Å²) in [4.78, 5) is 32.8. The number of nitrogens with two attached hydrogens (primary N) is 3. The van der Waals surface area contributed by atoms with Crippen molar-refractivity contribution in [1.82, 2.24) is 35.3 Å². The molecule has 262 valence electrons. The van der Waals surface area contributed by atoms with Gasteiger partial charge in [0.1, 0.15) is 13.1 Å². The number of aliphatic imine (C=N–C) groups is 2. The van der Waals surface area contributed by atoms with Crippen LogP contribution in [0.5, 0.6) is 0 Å². The third-order valence-electron chi connectivity index (χ3n) is 5.51. The van der Waals surface area contributed by atoms with E-state index >= 15 is 0 Å². The van der Waals surface area contributed by atoms with E-state index < -0.39 is 55.5 Å². The van der Waals surface area contributed by atoms with Crippen LogP contribution in [0.15, 0.2) is 34.5 Å². The summed E-state index contributed by atoms with van der Waals surface area (Å²) in [6.07, 6.45) is -1.97. The molecule has 0 aliphatic carbocycles. The van der Waals surface area contributed by atoms with E-state index in [0.29, 0.717) is 58.2 Å². The van der Waals surface area contributed by atoms with Crippen LogP contribution >= 0.6 is 0 Å². The van der Waals surface area contributed by atoms with Crippen molar-refractivity contribution in [2.24, 2.45) is 27.2 Å². The van der Waals surface area contributed by atoms with Crippen molar-refractivity contribution in [3.63, 3.8) is 0 Å². The lowest BCUT2D eigenvalue weighted by Crippen LogP contribution is -2.27. The largest absolute Gasteiger partial charge is 0.444 e. The van der Waals surface area contributed by atoms with Crippen LogP contribution in [0.25, 0.3) is 0 Å². The van der Waals surface area contributed by atoms with Gasteiger partial charge in [0.05, 0.1) is 25.5 Å². The fraction of sp³-hybridized carbons (Fsp3) is 0.583. The van der Waals surface area contributed by atoms with Gasteiger partial charge in [0.25, 0.3) is 0 Å². The number of esters is 1. The highest BCUT2D eigenvalue weighted by atomic mass is 19.4. The Labute approximate surface area is 264 Å². The molecule has 9 N–H and O–H groups in total. The topological polar surface area (TPSA) is 244 Å². The van der Waals surface area contributed by atoms with Crippen molar-refractivity contribution in [3.8, 4) is 0 Å². The molecule has 1 unspecified atom stereocenters. The second kappa shape index (κ2) is 18.9. The minimum atomic E-state index is -4.48. The number of hydrogen-bond acceptors (Lipinski definition) is 10. The molecule has 0 saturated heterocycles. The first-order valence-electron chi connectivity index (χ1n) is 14.1. The molecule has 23 heteroatoms. The molecule has 1 atom stereocenters. The van der Waals surface area contributed by atoms with Crippen molar-refractivity contribution < 1.29 is 40.7 Å². The third-order valence-corrected chi connectivity index (χ3v) is 5.51. The summed E-state index contributed by atoms with van der Waals surface area (Å²) in [6, 6.07) is 0. The van der Waals surface area contributed by atoms with Crippen LogP contribution in [-0.4, -0.2) is 92.0 Å². The average molecular weight is 683 g/mol. The Morgan fingerprint density at radius 3 is 1.85 bits per heavy atom. The van der Waals surface area contributed by atoms with Gasteiger partial charge in [-0.1, -0.05) is 0 Å². The van der Waals surface area contributed by atoms with Gasteiger partial charge in [0, 0.05) is 18.7 Å². The number of carbonyl (C=O) groups excluding carboxylic acids is 2. The Balaban J connectivity index is 1.53. The minimum absolute atomic E-state index is 0.121. The summed E-state index contributed by atoms with van der Waals surface area (Å²) >= 11 is 0. The summed E-state index contributed by atoms with van der Waals surface area (Å²) < 4.78 is 78.1. The predicted octanol–water partition coefficient (Wildman–Crippen LogP) is 0.989. The molecule has 0 aliphatic heterocycles. The lowest BCUT2D eigenvalue weighted by atomic mass is 10.2. The van der Waals surface area contributed by atoms with Gasteiger partial charge < -0.3 is 32.2 Å². The molecule has 17 nitrogen and oxygen atoms in total. The summed E-state index contributed by atoms with van der Waals surface area (Å²) in [5.41, 5.74) is 16.6. The van der Waals surface area contributed by atoms with Gasteiger partial charge >= 0.3 is 18.3 Å². The molecule has 0 aliphatic rings. The Bertz CT molecular complexity index is 1360. The number of alkyl halides is 6. The van der Waals surface area contributed by atoms with Gasteiger partial charge in [0.15, 0.2) is 29.8 Å². The number of hydrogen-bond donors (Lipinski definition) is 6. The van der Waals surface area contributed by atoms with Crippen LogP contribution in [-0.2, 0) is 27.4 Å². The van der Waals surface area contributed by atoms with E-state index in [1.54, 1.807) is 0 Å². The Hall–Kier alpha value is -4.96. The number of rotatable bonds is 18. The lowest BCUT2D eigenvalue weighted by molar-refractivity contribution is -0.143. The Morgan fingerprint density at radius 1 is 0.830 bits per heavy atom. The molecule has 0 fully saturated rings. The van der Waals surface area contributed by atoms with Gasteiger partial charge in [-0.2, -0.15) is 46.1 Å². The molecule has 0 aromatic carbocycles. The molecule has 2 aromatic rings. The van der Waals surface area contributed by atoms with Gasteiger partial charge in [-0.3, -0.25) is 10.5 Å². The molecule has 0 spiro atoms. The highest BCUT2D eigenvalue weighted by Crippen LogP contribution is 2.15. The summed E-state index contributed by atoms with van der Waals surface area (Å²) in [5.74, 6) is -1.92. The smallest absolute Gasteiger partial charge is 0.408 e. The number of nitrogens with one attached hydrogen (secondary N) is 3. The van der Waals surface area contributed by atoms with Gasteiger partial charge in [-0.05, 0) is 38.5 Å². The SMILES string of the molecule is NC(=NCC(F)(F)F)Nc1cnn(CCCCCNC(=O)/C=C\C(=O)OC(N)CCCCn2ncc(NC(N)=NCC(F)(F)F)n2)n1. The van der Waals surface area contributed by atoms with E-state index in [0.717, 1.165) is 12.2 Å². The van der Waals surface area contributed by atoms with Gasteiger partial charge in [-0.15, -0.1) is 10.2 Å². The maximum atomic E-state index is 12.2. The van der Waals surface area contributed by atoms with E-state index in [-0.39, 0.29) is 11.6 Å². The van der Waals surface area contributed by atoms with Crippen LogP contribution in [0.4, 0.5) is 38.0 Å². The average Bonchev–Trinajstić information content (AvgIpc) is 3.62. The standard InChI is InChI=1S/C24H36F6N14O3/c25-23(26,27)14-35-21(32)39-17-12-37-43(41-17)10-4-1-3-9-34-19(45)7-8-20(46)47-16(31)6-2-5-11-44-38-13-18(42-44)40-22(33)36-15-24(28,29)30/h7-8,12-13,16H,1-6,9-11,14-15,31H2,(H,34,45)(H3,32,35,39,41)(H3,33,36,40,42)/b8-7-. The number of anilines is 2. The molecule has 0 bridgehead atoms. The monoisotopic (exact) mass is 682 g/mol. The number of aromatic nitrogens is 6. The van der Waals surface area contributed by atoms with Gasteiger partial charge in [0.2, 0.25) is 5.91 Å². The number of halogens is 6. The number of carbonyl (C=O) groups is 2. The fourth-order valence-electron chi connectivity index (χ4n) is 3.43. The van der Waals surface area contributed by atoms with Crippen molar-refractivity contribution in [2.75, 3.05) is 30.3 Å². The highest BCUT2D eigenvalue weighted by molar-refractivity contribution is 5.94. The number of amides is 1. The molecule has 2 heterocycles. The van der Waals surface area contributed by atoms with Crippen molar-refractivity contribution in [3.05, 3.63) is 24.5 Å². The summed E-state index contributed by atoms with van der Waals surface area (Å²) in [6.45, 7) is -1.74. The summed E-state index contributed by atoms with van der Waals surface area (Å²) in [5, 5.41) is 23.4. The second-order valence-electron chi connectivity index (χ2n) is 9.69. The maximum Gasteiger partial charge on any atom is 0.408 e. The van der Waals surface area contributed by atoms with E-state index in [1.165, 1.54) is 22.0 Å². The zero-order chi connectivity index (χ0) is 34.9. The first-order chi connectivity index (χ1) is 22.1. The second-order valence-corrected chi connectivity index (χ2v) is 9.69. The quantitative estimate of drug-likeness (QED) is 0.0245. The predicted molar refractivity (Wildman–Crippen MR) is 156 cm³/mol. The maximum absolute atomic E-state index is 12.2. The number of nitrogens with zero attached hydrogens (tertiary/aromatic N) is 8. The first-order valence-corrected chi connectivity index (χ1v) is 14.1. The molecule has 2 rings (SSSR count). The van der Waals surface area contributed by atoms with Crippen molar-refractivity contribution in [1.29, 1.82) is 0 Å². The summed E-state index contributed by atoms with van der Waals surface area (Å²) in [7, 11) is 0. The number of ether oxygens (including phenoxy) is 1. The third kappa shape index (κ3) is 18.6. The van der Waals surface area contributed by atoms with Crippen LogP contribution in [0.3, 0.4) is 0 Å². The molecule has 0 saturated carbocycles. The van der Waals surface area contributed by atoms with Crippen molar-refractivity contribution in [2.45, 2.75) is 70.2 Å². The van der Waals surface area contributed by atoms with Crippen LogP contribution < -0.4 is 33.2 Å². The number of guanidine groups is 2. The molecule has 2 aromatic heterocycles. The van der Waals surface area contributed by atoms with Crippen LogP contribution in [0.2, 0.25) is 0 Å². The van der Waals surface area contributed by atoms with Crippen LogP contribution in [0.1, 0.15) is 38.5 Å². The normalized spacial score (nSPS) is 13.5. The molecule has 1 amide bonds. The van der Waals surface area contributed by atoms with Crippen LogP contribution in [0, 0.1) is 0 Å². The molecular formula is C24H36F6N14O3. The molecule has 47 heavy (non-hydrogen) atoms. The lowest BCUT2D eigenvalue weighted by Gasteiger charge is -2.11. The molecule has 0 radical (unpaired) electrons. The van der Waals surface area contributed by atoms with E-state index in [9.17, 15) is 35.9 Å². The van der Waals surface area contributed by atoms with E-state index in [1.807, 2.05) is 0 Å². The van der Waals surface area contributed by atoms with E-state index in [2.05, 4.69) is 46.3 Å². The Kier molecular flexibility index (Phi) is 15.4. The first kappa shape index (κ1) is 38.2. The van der Waals surface area contributed by atoms with Gasteiger partial charge in [-0.25, -0.2) is 14.8 Å². The van der Waals surface area contributed by atoms with Crippen molar-refractivity contribution >= 4 is 35.4 Å². The van der Waals surface area contributed by atoms with E-state index in [4.69, 9.17) is 21.9 Å². The Morgan fingerprint density at radius 2 is 1.34 bits per heavy atom.